The lowest BCUT2D eigenvalue weighted by Gasteiger charge is -2.34. The Morgan fingerprint density at radius 3 is 2.82 bits per heavy atom. The summed E-state index contributed by atoms with van der Waals surface area (Å²) in [4.78, 5) is 47.6. The average molecular weight is 403 g/mol. The van der Waals surface area contributed by atoms with Gasteiger partial charge in [0.2, 0.25) is 11.8 Å². The normalized spacial score (nSPS) is 20.4. The van der Waals surface area contributed by atoms with Crippen molar-refractivity contribution in [2.24, 2.45) is 0 Å². The minimum absolute atomic E-state index is 0.000203. The first-order valence-corrected chi connectivity index (χ1v) is 10.9. The minimum Gasteiger partial charge on any atom is -0.339 e. The van der Waals surface area contributed by atoms with Gasteiger partial charge in [0.15, 0.2) is 0 Å². The molecule has 2 fully saturated rings. The van der Waals surface area contributed by atoms with Crippen molar-refractivity contribution in [3.63, 3.8) is 0 Å². The van der Waals surface area contributed by atoms with Gasteiger partial charge in [0, 0.05) is 30.9 Å². The molecule has 0 unspecified atom stereocenters. The van der Waals surface area contributed by atoms with E-state index >= 15 is 0 Å². The lowest BCUT2D eigenvalue weighted by Crippen LogP contribution is -2.47. The van der Waals surface area contributed by atoms with Gasteiger partial charge in [-0.25, -0.2) is 4.98 Å². The summed E-state index contributed by atoms with van der Waals surface area (Å²) in [5.41, 5.74) is 1.09. The zero-order valence-electron chi connectivity index (χ0n) is 16.4. The molecular weight excluding hydrogens is 376 g/mol. The molecule has 0 aromatic carbocycles. The second-order valence-corrected chi connectivity index (χ2v) is 8.89. The van der Waals surface area contributed by atoms with E-state index in [1.807, 2.05) is 6.92 Å². The first kappa shape index (κ1) is 19.1. The van der Waals surface area contributed by atoms with Crippen LogP contribution in [-0.2, 0) is 16.0 Å². The number of amides is 2. The molecule has 0 saturated carbocycles. The molecule has 150 valence electrons. The number of piperidine rings is 1. The molecule has 0 radical (unpaired) electrons. The molecule has 2 aliphatic rings. The Bertz CT molecular complexity index is 980. The largest absolute Gasteiger partial charge is 0.339 e. The SMILES string of the molecule is CCc1c(C)sc2ncn([C@H]3CCCN(C(=O)CN4CCCC4=O)C3)c(=O)c12. The predicted molar refractivity (Wildman–Crippen MR) is 109 cm³/mol. The van der Waals surface area contributed by atoms with Crippen molar-refractivity contribution in [2.75, 3.05) is 26.2 Å². The number of hydrogen-bond donors (Lipinski definition) is 0. The van der Waals surface area contributed by atoms with Gasteiger partial charge in [-0.15, -0.1) is 11.3 Å². The van der Waals surface area contributed by atoms with Gasteiger partial charge in [0.05, 0.1) is 24.3 Å². The first-order valence-electron chi connectivity index (χ1n) is 10.0. The van der Waals surface area contributed by atoms with E-state index in [1.165, 1.54) is 0 Å². The van der Waals surface area contributed by atoms with Gasteiger partial charge in [-0.2, -0.15) is 0 Å². The lowest BCUT2D eigenvalue weighted by atomic mass is 10.0. The second-order valence-electron chi connectivity index (χ2n) is 7.68. The molecule has 2 aromatic heterocycles. The van der Waals surface area contributed by atoms with Crippen LogP contribution < -0.4 is 5.56 Å². The Hall–Kier alpha value is -2.22. The van der Waals surface area contributed by atoms with Crippen molar-refractivity contribution in [3.8, 4) is 0 Å². The van der Waals surface area contributed by atoms with Crippen LogP contribution in [-0.4, -0.2) is 57.3 Å². The third kappa shape index (κ3) is 3.34. The maximum absolute atomic E-state index is 13.2. The number of nitrogens with zero attached hydrogens (tertiary/aromatic N) is 4. The Labute approximate surface area is 168 Å². The van der Waals surface area contributed by atoms with Crippen LogP contribution in [0.1, 0.15) is 49.1 Å². The first-order chi connectivity index (χ1) is 13.5. The van der Waals surface area contributed by atoms with E-state index in [0.717, 1.165) is 46.3 Å². The average Bonchev–Trinajstić information content (AvgIpc) is 3.24. The van der Waals surface area contributed by atoms with Gasteiger partial charge in [-0.1, -0.05) is 6.92 Å². The van der Waals surface area contributed by atoms with E-state index < -0.39 is 0 Å². The fourth-order valence-corrected chi connectivity index (χ4v) is 5.47. The Morgan fingerprint density at radius 2 is 2.11 bits per heavy atom. The van der Waals surface area contributed by atoms with Gasteiger partial charge in [0.25, 0.3) is 5.56 Å². The third-order valence-electron chi connectivity index (χ3n) is 5.93. The fraction of sp³-hybridized carbons (Fsp3) is 0.600. The Balaban J connectivity index is 1.56. The van der Waals surface area contributed by atoms with Crippen LogP contribution in [0.5, 0.6) is 0 Å². The smallest absolute Gasteiger partial charge is 0.262 e. The van der Waals surface area contributed by atoms with Crippen LogP contribution in [0, 0.1) is 6.92 Å². The van der Waals surface area contributed by atoms with E-state index in [2.05, 4.69) is 11.9 Å². The van der Waals surface area contributed by atoms with E-state index in [0.29, 0.717) is 26.1 Å². The molecule has 1 atom stereocenters. The van der Waals surface area contributed by atoms with Crippen molar-refractivity contribution in [1.82, 2.24) is 19.4 Å². The number of thiophene rings is 1. The van der Waals surface area contributed by atoms with E-state index in [4.69, 9.17) is 0 Å². The van der Waals surface area contributed by atoms with Gasteiger partial charge in [-0.05, 0) is 38.2 Å². The number of aromatic nitrogens is 2. The molecule has 7 nitrogen and oxygen atoms in total. The molecule has 28 heavy (non-hydrogen) atoms. The molecule has 4 heterocycles. The van der Waals surface area contributed by atoms with Crippen molar-refractivity contribution < 1.29 is 9.59 Å². The molecule has 2 saturated heterocycles. The number of likely N-dealkylation sites (tertiary alicyclic amines) is 2. The van der Waals surface area contributed by atoms with Crippen molar-refractivity contribution in [1.29, 1.82) is 0 Å². The second kappa shape index (κ2) is 7.66. The summed E-state index contributed by atoms with van der Waals surface area (Å²) in [5.74, 6) is 0.0374. The Morgan fingerprint density at radius 1 is 1.29 bits per heavy atom. The monoisotopic (exact) mass is 402 g/mol. The minimum atomic E-state index is -0.0682. The number of fused-ring (bicyclic) bond motifs is 1. The number of hydrogen-bond acceptors (Lipinski definition) is 5. The van der Waals surface area contributed by atoms with Crippen LogP contribution in [0.4, 0.5) is 0 Å². The van der Waals surface area contributed by atoms with Gasteiger partial charge in [0.1, 0.15) is 4.83 Å². The van der Waals surface area contributed by atoms with Crippen molar-refractivity contribution >= 4 is 33.4 Å². The number of rotatable bonds is 4. The summed E-state index contributed by atoms with van der Waals surface area (Å²) < 4.78 is 1.72. The highest BCUT2D eigenvalue weighted by atomic mass is 32.1. The molecular formula is C20H26N4O3S. The molecule has 8 heteroatoms. The summed E-state index contributed by atoms with van der Waals surface area (Å²) >= 11 is 1.57. The van der Waals surface area contributed by atoms with Crippen LogP contribution in [0.2, 0.25) is 0 Å². The highest BCUT2D eigenvalue weighted by Gasteiger charge is 2.29. The summed E-state index contributed by atoms with van der Waals surface area (Å²) in [7, 11) is 0. The molecule has 2 amide bonds. The number of aryl methyl sites for hydroxylation is 2. The maximum atomic E-state index is 13.2. The maximum Gasteiger partial charge on any atom is 0.262 e. The highest BCUT2D eigenvalue weighted by Crippen LogP contribution is 2.28. The molecule has 2 aliphatic heterocycles. The van der Waals surface area contributed by atoms with Crippen molar-refractivity contribution in [2.45, 2.75) is 52.0 Å². The molecule has 2 aromatic rings. The standard InChI is InChI=1S/C20H26N4O3S/c1-3-15-13(2)28-19-18(15)20(27)24(12-21-19)14-6-4-8-22(10-14)17(26)11-23-9-5-7-16(23)25/h12,14H,3-11H2,1-2H3/t14-/m0/s1. The summed E-state index contributed by atoms with van der Waals surface area (Å²) in [6.45, 7) is 6.10. The molecule has 4 rings (SSSR count). The van der Waals surface area contributed by atoms with Crippen LogP contribution in [0.25, 0.3) is 10.2 Å². The third-order valence-corrected chi connectivity index (χ3v) is 6.99. The summed E-state index contributed by atoms with van der Waals surface area (Å²) in [6, 6.07) is -0.0682. The van der Waals surface area contributed by atoms with Crippen LogP contribution in [0.3, 0.4) is 0 Å². The van der Waals surface area contributed by atoms with Crippen molar-refractivity contribution in [3.05, 3.63) is 27.1 Å². The molecule has 0 bridgehead atoms. The zero-order chi connectivity index (χ0) is 19.8. The Kier molecular flexibility index (Phi) is 5.23. The zero-order valence-corrected chi connectivity index (χ0v) is 17.3. The van der Waals surface area contributed by atoms with E-state index in [-0.39, 0.29) is 30.0 Å². The van der Waals surface area contributed by atoms with Crippen LogP contribution in [0.15, 0.2) is 11.1 Å². The summed E-state index contributed by atoms with van der Waals surface area (Å²) in [6.07, 6.45) is 5.52. The fourth-order valence-electron chi connectivity index (χ4n) is 4.40. The lowest BCUT2D eigenvalue weighted by molar-refractivity contribution is -0.139. The van der Waals surface area contributed by atoms with Gasteiger partial charge >= 0.3 is 0 Å². The predicted octanol–water partition coefficient (Wildman–Crippen LogP) is 2.11. The highest BCUT2D eigenvalue weighted by molar-refractivity contribution is 7.18. The molecule has 0 spiro atoms. The van der Waals surface area contributed by atoms with E-state index in [9.17, 15) is 14.4 Å². The van der Waals surface area contributed by atoms with Crippen LogP contribution >= 0.6 is 11.3 Å². The quantitative estimate of drug-likeness (QED) is 0.785. The van der Waals surface area contributed by atoms with Gasteiger partial charge in [-0.3, -0.25) is 19.0 Å². The summed E-state index contributed by atoms with van der Waals surface area (Å²) in [5, 5.41) is 0.735. The molecule has 0 aliphatic carbocycles. The van der Waals surface area contributed by atoms with Gasteiger partial charge < -0.3 is 9.80 Å². The molecule has 0 N–H and O–H groups in total. The topological polar surface area (TPSA) is 75.5 Å². The van der Waals surface area contributed by atoms with E-state index in [1.54, 1.807) is 32.0 Å². The number of carbonyl (C=O) groups excluding carboxylic acids is 2. The number of carbonyl (C=O) groups is 2.